The van der Waals surface area contributed by atoms with Crippen molar-refractivity contribution >= 4 is 5.91 Å². The lowest BCUT2D eigenvalue weighted by atomic mass is 10.0. The Bertz CT molecular complexity index is 919. The van der Waals surface area contributed by atoms with Gasteiger partial charge in [-0.25, -0.2) is 9.36 Å². The number of para-hydroxylation sites is 1. The third-order valence-corrected chi connectivity index (χ3v) is 4.90. The van der Waals surface area contributed by atoms with E-state index in [1.165, 1.54) is 0 Å². The number of carbonyl (C=O) groups excluding carboxylic acids is 1. The zero-order valence-electron chi connectivity index (χ0n) is 15.4. The minimum atomic E-state index is -0.160. The molecular formula is C19H22N6O2. The van der Waals surface area contributed by atoms with Gasteiger partial charge in [0.25, 0.3) is 0 Å². The molecule has 1 saturated heterocycles. The first-order chi connectivity index (χ1) is 13.1. The summed E-state index contributed by atoms with van der Waals surface area (Å²) in [7, 11) is 0. The van der Waals surface area contributed by atoms with Crippen LogP contribution in [0.25, 0.3) is 5.69 Å². The predicted molar refractivity (Wildman–Crippen MR) is 98.3 cm³/mol. The molecule has 0 bridgehead atoms. The second-order valence-electron chi connectivity index (χ2n) is 6.61. The molecule has 140 valence electrons. The van der Waals surface area contributed by atoms with E-state index in [0.717, 1.165) is 22.6 Å². The minimum absolute atomic E-state index is 0.0000566. The summed E-state index contributed by atoms with van der Waals surface area (Å²) in [6.07, 6.45) is 3.26. The first kappa shape index (κ1) is 17.4. The summed E-state index contributed by atoms with van der Waals surface area (Å²) in [4.78, 5) is 14.8. The number of benzene rings is 1. The summed E-state index contributed by atoms with van der Waals surface area (Å²) >= 11 is 0. The lowest BCUT2D eigenvalue weighted by molar-refractivity contribution is -0.141. The number of amides is 1. The van der Waals surface area contributed by atoms with Crippen molar-refractivity contribution in [3.8, 4) is 5.69 Å². The average molecular weight is 366 g/mol. The van der Waals surface area contributed by atoms with Gasteiger partial charge in [-0.3, -0.25) is 4.79 Å². The zero-order chi connectivity index (χ0) is 18.8. The third-order valence-electron chi connectivity index (χ3n) is 4.90. The van der Waals surface area contributed by atoms with Crippen molar-refractivity contribution in [2.75, 3.05) is 19.8 Å². The molecule has 1 aliphatic rings. The van der Waals surface area contributed by atoms with E-state index in [-0.39, 0.29) is 18.5 Å². The second-order valence-corrected chi connectivity index (χ2v) is 6.61. The van der Waals surface area contributed by atoms with Crippen molar-refractivity contribution in [3.05, 3.63) is 59.7 Å². The highest BCUT2D eigenvalue weighted by Gasteiger charge is 2.33. The molecule has 1 amide bonds. The Balaban J connectivity index is 1.66. The number of hydrogen-bond acceptors (Lipinski definition) is 5. The van der Waals surface area contributed by atoms with Gasteiger partial charge in [-0.1, -0.05) is 23.4 Å². The molecule has 1 aliphatic heterocycles. The number of aromatic nitrogens is 5. The summed E-state index contributed by atoms with van der Waals surface area (Å²) in [5, 5.41) is 12.4. The van der Waals surface area contributed by atoms with Gasteiger partial charge in [-0.2, -0.15) is 5.10 Å². The van der Waals surface area contributed by atoms with E-state index in [1.807, 2.05) is 53.8 Å². The number of aryl methyl sites for hydroxylation is 1. The van der Waals surface area contributed by atoms with E-state index < -0.39 is 0 Å². The molecule has 0 saturated carbocycles. The van der Waals surface area contributed by atoms with Gasteiger partial charge in [0.15, 0.2) is 0 Å². The van der Waals surface area contributed by atoms with Gasteiger partial charge in [-0.15, -0.1) is 5.10 Å². The number of ether oxygens (including phenoxy) is 1. The Labute approximate surface area is 157 Å². The molecule has 0 spiro atoms. The normalized spacial score (nSPS) is 17.3. The van der Waals surface area contributed by atoms with E-state index in [1.54, 1.807) is 17.1 Å². The highest BCUT2D eigenvalue weighted by molar-refractivity contribution is 5.76. The molecule has 3 aromatic rings. The molecule has 0 aliphatic carbocycles. The Kier molecular flexibility index (Phi) is 4.72. The fraction of sp³-hybridized carbons (Fsp3) is 0.368. The first-order valence-electron chi connectivity index (χ1n) is 8.98. The fourth-order valence-electron chi connectivity index (χ4n) is 3.65. The maximum absolute atomic E-state index is 12.9. The molecule has 2 aromatic heterocycles. The average Bonchev–Trinajstić information content (AvgIpc) is 3.30. The van der Waals surface area contributed by atoms with E-state index >= 15 is 0 Å². The van der Waals surface area contributed by atoms with Crippen molar-refractivity contribution in [1.29, 1.82) is 0 Å². The van der Waals surface area contributed by atoms with Crippen molar-refractivity contribution in [2.24, 2.45) is 0 Å². The van der Waals surface area contributed by atoms with Gasteiger partial charge in [0.1, 0.15) is 6.54 Å². The topological polar surface area (TPSA) is 78.1 Å². The van der Waals surface area contributed by atoms with Gasteiger partial charge < -0.3 is 9.64 Å². The molecule has 1 aromatic carbocycles. The third kappa shape index (κ3) is 3.35. The molecule has 0 unspecified atom stereocenters. The van der Waals surface area contributed by atoms with E-state index in [4.69, 9.17) is 9.84 Å². The van der Waals surface area contributed by atoms with E-state index in [0.29, 0.717) is 19.8 Å². The molecule has 1 fully saturated rings. The predicted octanol–water partition coefficient (Wildman–Crippen LogP) is 1.68. The molecular weight excluding hydrogens is 344 g/mol. The first-order valence-corrected chi connectivity index (χ1v) is 8.98. The van der Waals surface area contributed by atoms with Crippen molar-refractivity contribution in [2.45, 2.75) is 26.4 Å². The second kappa shape index (κ2) is 7.32. The number of nitrogens with zero attached hydrogens (tertiary/aromatic N) is 6. The number of hydrogen-bond donors (Lipinski definition) is 0. The Morgan fingerprint density at radius 3 is 2.81 bits per heavy atom. The highest BCUT2D eigenvalue weighted by atomic mass is 16.5. The lowest BCUT2D eigenvalue weighted by Crippen LogP contribution is -2.45. The van der Waals surface area contributed by atoms with Gasteiger partial charge in [0.2, 0.25) is 5.91 Å². The van der Waals surface area contributed by atoms with Gasteiger partial charge in [0, 0.05) is 24.0 Å². The fourth-order valence-corrected chi connectivity index (χ4v) is 3.65. The standard InChI is InChI=1S/C19H22N6O2/c1-14-19(15(2)25(21-14)16-6-4-3-5-7-16)17-13-27-11-10-24(17)18(26)12-23-9-8-20-22-23/h3-9,17H,10-13H2,1-2H3/t17-/m1/s1. The van der Waals surface area contributed by atoms with Gasteiger partial charge in [-0.05, 0) is 26.0 Å². The van der Waals surface area contributed by atoms with Gasteiger partial charge in [0.05, 0.1) is 36.8 Å². The van der Waals surface area contributed by atoms with Crippen LogP contribution in [-0.4, -0.2) is 55.3 Å². The van der Waals surface area contributed by atoms with Crippen LogP contribution in [0.15, 0.2) is 42.7 Å². The van der Waals surface area contributed by atoms with Crippen LogP contribution < -0.4 is 0 Å². The lowest BCUT2D eigenvalue weighted by Gasteiger charge is -2.36. The van der Waals surface area contributed by atoms with Crippen molar-refractivity contribution in [3.63, 3.8) is 0 Å². The maximum atomic E-state index is 12.9. The Morgan fingerprint density at radius 2 is 2.07 bits per heavy atom. The number of carbonyl (C=O) groups is 1. The quantitative estimate of drug-likeness (QED) is 0.702. The minimum Gasteiger partial charge on any atom is -0.377 e. The van der Waals surface area contributed by atoms with Crippen LogP contribution >= 0.6 is 0 Å². The summed E-state index contributed by atoms with van der Waals surface area (Å²) < 4.78 is 9.18. The molecule has 8 heteroatoms. The smallest absolute Gasteiger partial charge is 0.245 e. The van der Waals surface area contributed by atoms with Crippen LogP contribution in [0, 0.1) is 13.8 Å². The summed E-state index contributed by atoms with van der Waals surface area (Å²) in [6.45, 7) is 5.73. The summed E-state index contributed by atoms with van der Waals surface area (Å²) in [5.41, 5.74) is 3.98. The molecule has 0 radical (unpaired) electrons. The Morgan fingerprint density at radius 1 is 1.26 bits per heavy atom. The summed E-state index contributed by atoms with van der Waals surface area (Å²) in [6, 6.07) is 9.84. The molecule has 3 heterocycles. The van der Waals surface area contributed by atoms with Crippen LogP contribution in [0.4, 0.5) is 0 Å². The van der Waals surface area contributed by atoms with Crippen LogP contribution in [-0.2, 0) is 16.1 Å². The Hall–Kier alpha value is -3.00. The van der Waals surface area contributed by atoms with Crippen LogP contribution in [0.1, 0.15) is 23.0 Å². The highest BCUT2D eigenvalue weighted by Crippen LogP contribution is 2.31. The van der Waals surface area contributed by atoms with Crippen molar-refractivity contribution < 1.29 is 9.53 Å². The molecule has 8 nitrogen and oxygen atoms in total. The van der Waals surface area contributed by atoms with Crippen molar-refractivity contribution in [1.82, 2.24) is 29.7 Å². The molecule has 27 heavy (non-hydrogen) atoms. The monoisotopic (exact) mass is 366 g/mol. The SMILES string of the molecule is Cc1nn(-c2ccccc2)c(C)c1[C@H]1COCCN1C(=O)Cn1ccnn1. The molecule has 0 N–H and O–H groups in total. The van der Waals surface area contributed by atoms with Crippen LogP contribution in [0.3, 0.4) is 0 Å². The van der Waals surface area contributed by atoms with E-state index in [9.17, 15) is 4.79 Å². The molecule has 4 rings (SSSR count). The number of rotatable bonds is 4. The van der Waals surface area contributed by atoms with Crippen LogP contribution in [0.2, 0.25) is 0 Å². The maximum Gasteiger partial charge on any atom is 0.245 e. The zero-order valence-corrected chi connectivity index (χ0v) is 15.4. The largest absolute Gasteiger partial charge is 0.377 e. The van der Waals surface area contributed by atoms with Gasteiger partial charge >= 0.3 is 0 Å². The summed E-state index contributed by atoms with van der Waals surface area (Å²) in [5.74, 6) is 0.0000566. The molecule has 1 atom stereocenters. The van der Waals surface area contributed by atoms with Crippen LogP contribution in [0.5, 0.6) is 0 Å². The number of morpholine rings is 1. The van der Waals surface area contributed by atoms with E-state index in [2.05, 4.69) is 10.3 Å².